The molecular weight excluding hydrogens is 304 g/mol. The van der Waals surface area contributed by atoms with Gasteiger partial charge in [0.2, 0.25) is 10.3 Å². The Morgan fingerprint density at radius 3 is 2.70 bits per heavy atom. The summed E-state index contributed by atoms with van der Waals surface area (Å²) < 4.78 is 31.6. The normalized spacial score (nSPS) is 9.70. The molecule has 0 aliphatic heterocycles. The molecule has 108 valence electrons. The highest BCUT2D eigenvalue weighted by Crippen LogP contribution is 2.19. The van der Waals surface area contributed by atoms with Crippen LogP contribution >= 0.6 is 11.6 Å². The maximum atomic E-state index is 11.4. The molecule has 0 fully saturated rings. The number of hydrogen-bond donors (Lipinski definition) is 0. The number of benzene rings is 1. The van der Waals surface area contributed by atoms with Crippen LogP contribution in [0.15, 0.2) is 30.4 Å². The van der Waals surface area contributed by atoms with Crippen molar-refractivity contribution in [3.63, 3.8) is 0 Å². The molecule has 1 rings (SSSR count). The van der Waals surface area contributed by atoms with Crippen molar-refractivity contribution < 1.29 is 22.7 Å². The van der Waals surface area contributed by atoms with Gasteiger partial charge in [-0.1, -0.05) is 6.58 Å². The minimum Gasteiger partial charge on any atom is -0.489 e. The van der Waals surface area contributed by atoms with Gasteiger partial charge >= 0.3 is 5.97 Å². The zero-order chi connectivity index (χ0) is 15.1. The summed E-state index contributed by atoms with van der Waals surface area (Å²) in [6, 6.07) is 4.35. The van der Waals surface area contributed by atoms with Crippen molar-refractivity contribution in [2.45, 2.75) is 0 Å². The summed E-state index contributed by atoms with van der Waals surface area (Å²) in [5.41, 5.74) is 1.13. The summed E-state index contributed by atoms with van der Waals surface area (Å²) in [6.07, 6.45) is 0. The second-order valence-corrected chi connectivity index (χ2v) is 4.82. The predicted molar refractivity (Wildman–Crippen MR) is 77.2 cm³/mol. The van der Waals surface area contributed by atoms with Gasteiger partial charge in [0.15, 0.2) is 0 Å². The lowest BCUT2D eigenvalue weighted by atomic mass is 10.1. The quantitative estimate of drug-likeness (QED) is 0.345. The summed E-state index contributed by atoms with van der Waals surface area (Å²) in [5, 5.41) is 0.950. The monoisotopic (exact) mass is 316 g/mol. The summed E-state index contributed by atoms with van der Waals surface area (Å²) in [4.78, 5) is 11.4. The van der Waals surface area contributed by atoms with Crippen LogP contribution < -0.4 is 4.74 Å². The molecule has 0 saturated carbocycles. The highest BCUT2D eigenvalue weighted by molar-refractivity contribution is 7.71. The molecule has 0 bridgehead atoms. The van der Waals surface area contributed by atoms with Gasteiger partial charge in [0, 0.05) is 11.4 Å². The molecule has 0 unspecified atom stereocenters. The van der Waals surface area contributed by atoms with Crippen molar-refractivity contribution in [2.24, 2.45) is 0 Å². The summed E-state index contributed by atoms with van der Waals surface area (Å²) in [7, 11) is -1.18. The molecule has 0 saturated heterocycles. The minimum absolute atomic E-state index is 0.160. The average Bonchev–Trinajstić information content (AvgIpc) is 2.43. The molecule has 0 heterocycles. The van der Waals surface area contributed by atoms with Crippen molar-refractivity contribution in [1.29, 1.82) is 0 Å². The van der Waals surface area contributed by atoms with Gasteiger partial charge in [-0.15, -0.1) is 11.6 Å². The van der Waals surface area contributed by atoms with Gasteiger partial charge in [-0.25, -0.2) is 4.79 Å². The molecule has 0 spiro atoms. The summed E-state index contributed by atoms with van der Waals surface area (Å²) in [6.45, 7) is 3.84. The molecule has 0 radical (unpaired) electrons. The first-order valence-corrected chi connectivity index (χ1v) is 7.16. The number of ether oxygens (including phenoxy) is 2. The van der Waals surface area contributed by atoms with Gasteiger partial charge in [0.25, 0.3) is 0 Å². The van der Waals surface area contributed by atoms with Crippen LogP contribution in [0.25, 0.3) is 0 Å². The van der Waals surface area contributed by atoms with Crippen LogP contribution in [0.1, 0.15) is 15.9 Å². The van der Waals surface area contributed by atoms with Crippen LogP contribution in [-0.4, -0.2) is 39.4 Å². The van der Waals surface area contributed by atoms with Crippen molar-refractivity contribution in [1.82, 2.24) is 0 Å². The fourth-order valence-corrected chi connectivity index (χ4v) is 1.81. The zero-order valence-electron chi connectivity index (χ0n) is 10.8. The first-order chi connectivity index (χ1) is 9.47. The van der Waals surface area contributed by atoms with Gasteiger partial charge in [0.1, 0.15) is 12.4 Å². The number of halogens is 1. The van der Waals surface area contributed by atoms with E-state index in [4.69, 9.17) is 16.3 Å². The molecule has 0 aliphatic carbocycles. The number of methoxy groups -OCH3 is 1. The molecular formula is C13H13ClO5S. The maximum Gasteiger partial charge on any atom is 0.337 e. The molecule has 0 atom stereocenters. The Kier molecular flexibility index (Phi) is 6.27. The summed E-state index contributed by atoms with van der Waals surface area (Å²) >= 11 is 5.58. The molecule has 0 aliphatic rings. The van der Waals surface area contributed by atoms with Gasteiger partial charge < -0.3 is 9.47 Å². The van der Waals surface area contributed by atoms with Crippen LogP contribution in [0.5, 0.6) is 5.75 Å². The van der Waals surface area contributed by atoms with Crippen molar-refractivity contribution in [2.75, 3.05) is 19.6 Å². The van der Waals surface area contributed by atoms with E-state index in [9.17, 15) is 13.2 Å². The molecule has 1 aromatic carbocycles. The van der Waals surface area contributed by atoms with Crippen LogP contribution in [0.3, 0.4) is 0 Å². The van der Waals surface area contributed by atoms with Crippen LogP contribution in [0.2, 0.25) is 0 Å². The Balaban J connectivity index is 3.13. The van der Waals surface area contributed by atoms with Gasteiger partial charge in [-0.3, -0.25) is 0 Å². The highest BCUT2D eigenvalue weighted by atomic mass is 35.5. The third kappa shape index (κ3) is 4.71. The van der Waals surface area contributed by atoms with Crippen molar-refractivity contribution in [3.8, 4) is 5.75 Å². The van der Waals surface area contributed by atoms with E-state index in [0.29, 0.717) is 11.3 Å². The summed E-state index contributed by atoms with van der Waals surface area (Å²) in [5.74, 6) is -0.00608. The third-order valence-electron chi connectivity index (χ3n) is 2.27. The zero-order valence-corrected chi connectivity index (χ0v) is 12.3. The highest BCUT2D eigenvalue weighted by Gasteiger charge is 2.10. The number of esters is 1. The van der Waals surface area contributed by atoms with E-state index < -0.39 is 16.3 Å². The predicted octanol–water partition coefficient (Wildman–Crippen LogP) is 1.68. The number of rotatable bonds is 6. The molecule has 0 N–H and O–H groups in total. The van der Waals surface area contributed by atoms with E-state index in [0.717, 1.165) is 5.37 Å². The third-order valence-corrected chi connectivity index (χ3v) is 3.10. The van der Waals surface area contributed by atoms with Gasteiger partial charge in [0.05, 0.1) is 18.0 Å². The molecule has 1 aromatic rings. The second kappa shape index (κ2) is 7.72. The molecule has 0 amide bonds. The molecule has 20 heavy (non-hydrogen) atoms. The fourth-order valence-electron chi connectivity index (χ4n) is 1.34. The minimum atomic E-state index is -2.42. The Morgan fingerprint density at radius 1 is 1.45 bits per heavy atom. The van der Waals surface area contributed by atoms with Gasteiger partial charge in [-0.2, -0.15) is 8.42 Å². The van der Waals surface area contributed by atoms with Crippen molar-refractivity contribution in [3.05, 3.63) is 41.5 Å². The van der Waals surface area contributed by atoms with E-state index in [2.05, 4.69) is 11.3 Å². The molecule has 5 nitrogen and oxygen atoms in total. The number of hydrogen-bond acceptors (Lipinski definition) is 5. The molecule has 7 heteroatoms. The Hall–Kier alpha value is -1.79. The number of alkyl halides is 1. The first-order valence-electron chi connectivity index (χ1n) is 5.48. The van der Waals surface area contributed by atoms with E-state index in [1.807, 2.05) is 0 Å². The van der Waals surface area contributed by atoms with Crippen LogP contribution in [0, 0.1) is 0 Å². The number of carbonyl (C=O) groups excluding carboxylic acids is 1. The van der Waals surface area contributed by atoms with Gasteiger partial charge in [-0.05, 0) is 23.8 Å². The first kappa shape index (κ1) is 16.3. The lowest BCUT2D eigenvalue weighted by Gasteiger charge is -2.10. The Bertz CT molecular complexity index is 641. The van der Waals surface area contributed by atoms with E-state index in [1.54, 1.807) is 0 Å². The number of carbonyl (C=O) groups is 1. The largest absolute Gasteiger partial charge is 0.489 e. The van der Waals surface area contributed by atoms with Crippen molar-refractivity contribution >= 4 is 33.2 Å². The topological polar surface area (TPSA) is 69.7 Å². The van der Waals surface area contributed by atoms with E-state index in [1.165, 1.54) is 25.3 Å². The SMILES string of the molecule is C=C(CCl)COc1ccc(C(=O)OC)cc1C=S(=O)=O. The lowest BCUT2D eigenvalue weighted by molar-refractivity contribution is 0.0600. The van der Waals surface area contributed by atoms with Crippen LogP contribution in [0.4, 0.5) is 0 Å². The maximum absolute atomic E-state index is 11.4. The van der Waals surface area contributed by atoms with E-state index >= 15 is 0 Å². The smallest absolute Gasteiger partial charge is 0.337 e. The standard InChI is InChI=1S/C13H13ClO5S/c1-9(6-14)7-19-12-4-3-10(13(15)18-2)5-11(12)8-20(16)17/h3-5,8H,1,6-7H2,2H3. The fraction of sp³-hybridized carbons (Fsp3) is 0.231. The lowest BCUT2D eigenvalue weighted by Crippen LogP contribution is -2.06. The second-order valence-electron chi connectivity index (χ2n) is 3.79. The van der Waals surface area contributed by atoms with Crippen LogP contribution in [-0.2, 0) is 15.0 Å². The average molecular weight is 317 g/mol. The Labute approximate surface area is 123 Å². The Morgan fingerprint density at radius 2 is 2.15 bits per heavy atom. The van der Waals surface area contributed by atoms with E-state index in [-0.39, 0.29) is 23.6 Å². The molecule has 0 aromatic heterocycles.